The number of aliphatic hydroxyl groups excluding tert-OH is 1. The number of hydrogen-bond donors (Lipinski definition) is 5. The van der Waals surface area contributed by atoms with Gasteiger partial charge in [-0.3, -0.25) is 9.59 Å². The van der Waals surface area contributed by atoms with Gasteiger partial charge in [0, 0.05) is 13.1 Å². The van der Waals surface area contributed by atoms with Gasteiger partial charge in [-0.2, -0.15) is 0 Å². The summed E-state index contributed by atoms with van der Waals surface area (Å²) < 4.78 is 10.0. The van der Waals surface area contributed by atoms with E-state index in [1.165, 1.54) is 0 Å². The quantitative estimate of drug-likeness (QED) is 0.346. The summed E-state index contributed by atoms with van der Waals surface area (Å²) in [4.78, 5) is 46.6. The maximum atomic E-state index is 11.9. The van der Waals surface area contributed by atoms with E-state index in [1.54, 1.807) is 41.5 Å². The maximum absolute atomic E-state index is 11.9. The molecule has 0 aromatic rings. The van der Waals surface area contributed by atoms with Crippen molar-refractivity contribution in [2.24, 2.45) is 0 Å². The summed E-state index contributed by atoms with van der Waals surface area (Å²) in [6.07, 6.45) is -1.54. The Hall–Kier alpha value is -2.56. The van der Waals surface area contributed by atoms with Gasteiger partial charge in [0.2, 0.25) is 11.8 Å². The molecule has 28 heavy (non-hydrogen) atoms. The van der Waals surface area contributed by atoms with Crippen LogP contribution in [0.4, 0.5) is 9.59 Å². The van der Waals surface area contributed by atoms with Crippen molar-refractivity contribution < 1.29 is 33.8 Å². The van der Waals surface area contributed by atoms with Crippen LogP contribution in [0.5, 0.6) is 0 Å². The fraction of sp³-hybridized carbons (Fsp3) is 0.765. The second-order valence-corrected chi connectivity index (χ2v) is 7.88. The minimum absolute atomic E-state index is 0.0590. The third kappa shape index (κ3) is 13.6. The summed E-state index contributed by atoms with van der Waals surface area (Å²) in [5.74, 6) is -1.10. The lowest BCUT2D eigenvalue weighted by Gasteiger charge is -2.22. The Kier molecular flexibility index (Phi) is 10.3. The standard InChI is InChI=1S/C17H32N4O7/c1-16(2,3)27-14(25)20-9-12(23)18-7-8-19-13(24)11(10-22)21-15(26)28-17(4,5)6/h11,22H,7-10H2,1-6H3,(H,18,23)(H,19,24)(H,20,25)(H,21,26). The summed E-state index contributed by atoms with van der Waals surface area (Å²) in [6.45, 7) is 9.36. The third-order valence-electron chi connectivity index (χ3n) is 2.73. The number of alkyl carbamates (subject to hydrolysis) is 2. The van der Waals surface area contributed by atoms with Crippen molar-refractivity contribution >= 4 is 24.0 Å². The smallest absolute Gasteiger partial charge is 0.408 e. The monoisotopic (exact) mass is 404 g/mol. The van der Waals surface area contributed by atoms with Crippen molar-refractivity contribution in [3.8, 4) is 0 Å². The fourth-order valence-electron chi connectivity index (χ4n) is 1.68. The molecule has 0 radical (unpaired) electrons. The van der Waals surface area contributed by atoms with E-state index in [2.05, 4.69) is 21.3 Å². The van der Waals surface area contributed by atoms with Crippen molar-refractivity contribution in [2.75, 3.05) is 26.2 Å². The molecule has 5 N–H and O–H groups in total. The Morgan fingerprint density at radius 1 is 0.821 bits per heavy atom. The number of rotatable bonds is 8. The molecule has 1 atom stereocenters. The van der Waals surface area contributed by atoms with Crippen LogP contribution >= 0.6 is 0 Å². The molecule has 0 bridgehead atoms. The average molecular weight is 404 g/mol. The van der Waals surface area contributed by atoms with E-state index in [1.807, 2.05) is 0 Å². The molecule has 11 heteroatoms. The van der Waals surface area contributed by atoms with Gasteiger partial charge in [0.15, 0.2) is 0 Å². The van der Waals surface area contributed by atoms with Crippen molar-refractivity contribution in [3.05, 3.63) is 0 Å². The molecule has 0 fully saturated rings. The molecular formula is C17H32N4O7. The summed E-state index contributed by atoms with van der Waals surface area (Å²) in [7, 11) is 0. The van der Waals surface area contributed by atoms with Crippen LogP contribution in [0.2, 0.25) is 0 Å². The Labute approximate surface area is 164 Å². The number of carbonyl (C=O) groups excluding carboxylic acids is 4. The molecule has 4 amide bonds. The lowest BCUT2D eigenvalue weighted by molar-refractivity contribution is -0.124. The SMILES string of the molecule is CC(C)(C)OC(=O)NCC(=O)NCCNC(=O)C(CO)NC(=O)OC(C)(C)C. The van der Waals surface area contributed by atoms with Crippen LogP contribution in [0.25, 0.3) is 0 Å². The van der Waals surface area contributed by atoms with E-state index in [4.69, 9.17) is 9.47 Å². The summed E-state index contributed by atoms with van der Waals surface area (Å²) >= 11 is 0. The lowest BCUT2D eigenvalue weighted by Crippen LogP contribution is -2.51. The van der Waals surface area contributed by atoms with E-state index in [0.717, 1.165) is 0 Å². The highest BCUT2D eigenvalue weighted by Gasteiger charge is 2.23. The Balaban J connectivity index is 4.10. The minimum Gasteiger partial charge on any atom is -0.444 e. The number of hydrogen-bond acceptors (Lipinski definition) is 7. The molecule has 0 aromatic heterocycles. The van der Waals surface area contributed by atoms with Gasteiger partial charge in [-0.05, 0) is 41.5 Å². The first kappa shape index (κ1) is 25.4. The van der Waals surface area contributed by atoms with Crippen LogP contribution in [0.15, 0.2) is 0 Å². The van der Waals surface area contributed by atoms with Crippen LogP contribution in [0.3, 0.4) is 0 Å². The van der Waals surface area contributed by atoms with Gasteiger partial charge in [-0.15, -0.1) is 0 Å². The lowest BCUT2D eigenvalue weighted by atomic mass is 10.2. The van der Waals surface area contributed by atoms with Gasteiger partial charge >= 0.3 is 12.2 Å². The second-order valence-electron chi connectivity index (χ2n) is 7.88. The Morgan fingerprint density at radius 3 is 1.82 bits per heavy atom. The number of carbonyl (C=O) groups is 4. The molecule has 0 saturated heterocycles. The minimum atomic E-state index is -1.18. The van der Waals surface area contributed by atoms with Crippen LogP contribution in [-0.4, -0.2) is 72.6 Å². The van der Waals surface area contributed by atoms with Gasteiger partial charge in [0.05, 0.1) is 13.2 Å². The summed E-state index contributed by atoms with van der Waals surface area (Å²) in [6, 6.07) is -1.18. The van der Waals surface area contributed by atoms with Gasteiger partial charge < -0.3 is 35.8 Å². The molecule has 0 aliphatic rings. The van der Waals surface area contributed by atoms with Gasteiger partial charge in [-0.25, -0.2) is 9.59 Å². The summed E-state index contributed by atoms with van der Waals surface area (Å²) in [5, 5.41) is 18.7. The first-order valence-corrected chi connectivity index (χ1v) is 8.85. The first-order chi connectivity index (χ1) is 12.7. The van der Waals surface area contributed by atoms with Crippen molar-refractivity contribution in [1.29, 1.82) is 0 Å². The highest BCUT2D eigenvalue weighted by atomic mass is 16.6. The zero-order chi connectivity index (χ0) is 22.0. The zero-order valence-corrected chi connectivity index (χ0v) is 17.3. The van der Waals surface area contributed by atoms with Crippen molar-refractivity contribution in [3.63, 3.8) is 0 Å². The van der Waals surface area contributed by atoms with Crippen LogP contribution in [0, 0.1) is 0 Å². The van der Waals surface area contributed by atoms with E-state index in [-0.39, 0.29) is 19.6 Å². The largest absolute Gasteiger partial charge is 0.444 e. The number of nitrogens with one attached hydrogen (secondary N) is 4. The van der Waals surface area contributed by atoms with E-state index >= 15 is 0 Å². The Bertz CT molecular complexity index is 553. The number of ether oxygens (including phenoxy) is 2. The third-order valence-corrected chi connectivity index (χ3v) is 2.73. The first-order valence-electron chi connectivity index (χ1n) is 8.85. The van der Waals surface area contributed by atoms with Crippen molar-refractivity contribution in [2.45, 2.75) is 58.8 Å². The van der Waals surface area contributed by atoms with E-state index < -0.39 is 47.9 Å². The van der Waals surface area contributed by atoms with E-state index in [0.29, 0.717) is 0 Å². The Morgan fingerprint density at radius 2 is 1.32 bits per heavy atom. The molecular weight excluding hydrogens is 372 g/mol. The highest BCUT2D eigenvalue weighted by molar-refractivity contribution is 5.86. The number of aliphatic hydroxyl groups is 1. The maximum Gasteiger partial charge on any atom is 0.408 e. The average Bonchev–Trinajstić information content (AvgIpc) is 2.51. The van der Waals surface area contributed by atoms with E-state index in [9.17, 15) is 24.3 Å². The molecule has 0 rings (SSSR count). The van der Waals surface area contributed by atoms with Crippen LogP contribution in [0.1, 0.15) is 41.5 Å². The number of amides is 4. The van der Waals surface area contributed by atoms with Gasteiger partial charge in [0.1, 0.15) is 17.2 Å². The topological polar surface area (TPSA) is 155 Å². The molecule has 162 valence electrons. The van der Waals surface area contributed by atoms with Crippen LogP contribution < -0.4 is 21.3 Å². The second kappa shape index (κ2) is 11.3. The van der Waals surface area contributed by atoms with Gasteiger partial charge in [-0.1, -0.05) is 0 Å². The molecule has 0 aliphatic carbocycles. The predicted molar refractivity (Wildman–Crippen MR) is 100 cm³/mol. The molecule has 1 unspecified atom stereocenters. The molecule has 0 spiro atoms. The molecule has 0 heterocycles. The highest BCUT2D eigenvalue weighted by Crippen LogP contribution is 2.07. The van der Waals surface area contributed by atoms with Gasteiger partial charge in [0.25, 0.3) is 0 Å². The zero-order valence-electron chi connectivity index (χ0n) is 17.3. The molecule has 0 saturated carbocycles. The predicted octanol–water partition coefficient (Wildman–Crippen LogP) is -0.371. The molecule has 11 nitrogen and oxygen atoms in total. The van der Waals surface area contributed by atoms with Crippen LogP contribution in [-0.2, 0) is 19.1 Å². The molecule has 0 aliphatic heterocycles. The fourth-order valence-corrected chi connectivity index (χ4v) is 1.68. The normalized spacial score (nSPS) is 12.4. The summed E-state index contributed by atoms with van der Waals surface area (Å²) in [5.41, 5.74) is -1.40. The molecule has 0 aromatic carbocycles. The van der Waals surface area contributed by atoms with Crippen molar-refractivity contribution in [1.82, 2.24) is 21.3 Å².